The molecule has 0 spiro atoms. The van der Waals surface area contributed by atoms with Crippen molar-refractivity contribution in [1.29, 1.82) is 0 Å². The molecule has 0 saturated heterocycles. The summed E-state index contributed by atoms with van der Waals surface area (Å²) in [6.45, 7) is 3.60. The lowest BCUT2D eigenvalue weighted by Gasteiger charge is -2.15. The first-order valence-electron chi connectivity index (χ1n) is 8.19. The van der Waals surface area contributed by atoms with Crippen molar-refractivity contribution in [2.45, 2.75) is 13.8 Å². The fraction of sp³-hybridized carbons (Fsp3) is 0.200. The third kappa shape index (κ3) is 3.36. The molecule has 7 heteroatoms. The fourth-order valence-electron chi connectivity index (χ4n) is 2.84. The van der Waals surface area contributed by atoms with E-state index >= 15 is 0 Å². The Morgan fingerprint density at radius 2 is 1.78 bits per heavy atom. The Morgan fingerprint density at radius 1 is 1.15 bits per heavy atom. The maximum atomic E-state index is 12.9. The summed E-state index contributed by atoms with van der Waals surface area (Å²) in [5.74, 6) is 0.151. The Labute approximate surface area is 162 Å². The predicted molar refractivity (Wildman–Crippen MR) is 106 cm³/mol. The van der Waals surface area contributed by atoms with Gasteiger partial charge < -0.3 is 14.6 Å². The number of carbonyl (C=O) groups excluding carboxylic acids is 1. The highest BCUT2D eigenvalue weighted by atomic mass is 35.5. The zero-order valence-corrected chi connectivity index (χ0v) is 16.2. The van der Waals surface area contributed by atoms with Crippen LogP contribution in [0, 0.1) is 6.92 Å². The zero-order valence-electron chi connectivity index (χ0n) is 15.4. The molecule has 1 heterocycles. The molecule has 1 aliphatic heterocycles. The molecule has 27 heavy (non-hydrogen) atoms. The van der Waals surface area contributed by atoms with Crippen molar-refractivity contribution in [2.75, 3.05) is 19.2 Å². The van der Waals surface area contributed by atoms with Crippen LogP contribution in [0.15, 0.2) is 41.0 Å². The van der Waals surface area contributed by atoms with E-state index in [4.69, 9.17) is 21.1 Å². The molecule has 0 unspecified atom stereocenters. The Hall–Kier alpha value is -2.99. The first-order chi connectivity index (χ1) is 12.9. The zero-order chi connectivity index (χ0) is 19.7. The van der Waals surface area contributed by atoms with Gasteiger partial charge in [-0.05, 0) is 55.3 Å². The molecule has 2 aromatic carbocycles. The van der Waals surface area contributed by atoms with Crippen LogP contribution in [0.3, 0.4) is 0 Å². The number of halogens is 1. The number of carbonyl (C=O) groups is 1. The van der Waals surface area contributed by atoms with E-state index in [0.717, 1.165) is 5.56 Å². The molecule has 6 nitrogen and oxygen atoms in total. The molecule has 0 bridgehead atoms. The number of aromatic hydroxyl groups is 1. The lowest BCUT2D eigenvalue weighted by Crippen LogP contribution is -2.22. The largest absolute Gasteiger partial charge is 0.502 e. The lowest BCUT2D eigenvalue weighted by atomic mass is 10.1. The monoisotopic (exact) mass is 386 g/mol. The Balaban J connectivity index is 2.03. The molecule has 1 aliphatic rings. The average Bonchev–Trinajstić information content (AvgIpc) is 2.93. The topological polar surface area (TPSA) is 71.4 Å². The van der Waals surface area contributed by atoms with Crippen LogP contribution in [0.4, 0.5) is 5.69 Å². The number of nitrogens with zero attached hydrogens (tertiary/aromatic N) is 2. The van der Waals surface area contributed by atoms with Gasteiger partial charge in [0.05, 0.1) is 31.2 Å². The molecule has 140 valence electrons. The van der Waals surface area contributed by atoms with Crippen LogP contribution in [-0.4, -0.2) is 30.9 Å². The molecule has 0 radical (unpaired) electrons. The average molecular weight is 387 g/mol. The third-order valence-corrected chi connectivity index (χ3v) is 4.75. The Morgan fingerprint density at radius 3 is 2.37 bits per heavy atom. The minimum Gasteiger partial charge on any atom is -0.502 e. The van der Waals surface area contributed by atoms with Gasteiger partial charge in [0.2, 0.25) is 5.75 Å². The van der Waals surface area contributed by atoms with E-state index < -0.39 is 0 Å². The summed E-state index contributed by atoms with van der Waals surface area (Å²) in [5, 5.41) is 16.3. The van der Waals surface area contributed by atoms with E-state index in [1.807, 2.05) is 6.92 Å². The van der Waals surface area contributed by atoms with Crippen molar-refractivity contribution >= 4 is 35.0 Å². The van der Waals surface area contributed by atoms with Crippen LogP contribution < -0.4 is 14.5 Å². The van der Waals surface area contributed by atoms with Gasteiger partial charge in [0.15, 0.2) is 11.5 Å². The third-order valence-electron chi connectivity index (χ3n) is 4.34. The summed E-state index contributed by atoms with van der Waals surface area (Å²) in [6.07, 6.45) is 1.69. The van der Waals surface area contributed by atoms with Crippen LogP contribution in [0.5, 0.6) is 17.2 Å². The summed E-state index contributed by atoms with van der Waals surface area (Å²) >= 11 is 6.17. The summed E-state index contributed by atoms with van der Waals surface area (Å²) in [7, 11) is 2.89. The van der Waals surface area contributed by atoms with Gasteiger partial charge in [0.25, 0.3) is 5.91 Å². The van der Waals surface area contributed by atoms with Crippen molar-refractivity contribution in [3.63, 3.8) is 0 Å². The van der Waals surface area contributed by atoms with Gasteiger partial charge in [-0.1, -0.05) is 17.7 Å². The number of hydrogen-bond acceptors (Lipinski definition) is 5. The van der Waals surface area contributed by atoms with Crippen molar-refractivity contribution < 1.29 is 19.4 Å². The maximum absolute atomic E-state index is 12.9. The van der Waals surface area contributed by atoms with Crippen LogP contribution >= 0.6 is 11.6 Å². The van der Waals surface area contributed by atoms with Gasteiger partial charge in [-0.25, -0.2) is 0 Å². The number of hydrogen-bond donors (Lipinski definition) is 1. The van der Waals surface area contributed by atoms with Crippen LogP contribution in [0.1, 0.15) is 18.1 Å². The number of anilines is 1. The second-order valence-electron chi connectivity index (χ2n) is 6.02. The highest BCUT2D eigenvalue weighted by molar-refractivity contribution is 6.34. The standard InChI is InChI=1S/C20H19ClN2O4/c1-11-15(21)6-5-7-16(11)23-20(25)14(12(2)22-23)8-13-9-17(26-3)19(24)18(10-13)27-4/h5-10,24H,1-4H3. The second-order valence-corrected chi connectivity index (χ2v) is 6.43. The molecular weight excluding hydrogens is 368 g/mol. The van der Waals surface area contributed by atoms with Crippen LogP contribution in [0.2, 0.25) is 5.02 Å². The Kier molecular flexibility index (Phi) is 5.10. The maximum Gasteiger partial charge on any atom is 0.280 e. The molecule has 1 N–H and O–H groups in total. The normalized spacial score (nSPS) is 15.3. The summed E-state index contributed by atoms with van der Waals surface area (Å²) in [4.78, 5) is 12.9. The molecule has 0 atom stereocenters. The predicted octanol–water partition coefficient (Wildman–Crippen LogP) is 4.18. The first-order valence-corrected chi connectivity index (χ1v) is 8.57. The lowest BCUT2D eigenvalue weighted by molar-refractivity contribution is -0.114. The van der Waals surface area contributed by atoms with Crippen molar-refractivity contribution in [2.24, 2.45) is 5.10 Å². The number of amides is 1. The van der Waals surface area contributed by atoms with E-state index in [0.29, 0.717) is 27.6 Å². The molecule has 2 aromatic rings. The molecule has 0 saturated carbocycles. The number of hydrazone groups is 1. The minimum atomic E-state index is -0.260. The number of phenolic OH excluding ortho intramolecular Hbond substituents is 1. The number of rotatable bonds is 4. The van der Waals surface area contributed by atoms with E-state index in [1.165, 1.54) is 19.2 Å². The van der Waals surface area contributed by atoms with E-state index in [2.05, 4.69) is 5.10 Å². The Bertz CT molecular complexity index is 957. The molecular formula is C20H19ClN2O4. The van der Waals surface area contributed by atoms with E-state index in [9.17, 15) is 9.90 Å². The van der Waals surface area contributed by atoms with Crippen LogP contribution in [-0.2, 0) is 4.79 Å². The van der Waals surface area contributed by atoms with Gasteiger partial charge in [-0.2, -0.15) is 10.1 Å². The smallest absolute Gasteiger partial charge is 0.280 e. The van der Waals surface area contributed by atoms with Gasteiger partial charge in [0.1, 0.15) is 0 Å². The van der Waals surface area contributed by atoms with Crippen LogP contribution in [0.25, 0.3) is 6.08 Å². The summed E-state index contributed by atoms with van der Waals surface area (Å²) in [6, 6.07) is 8.59. The van der Waals surface area contributed by atoms with Gasteiger partial charge >= 0.3 is 0 Å². The number of ether oxygens (including phenoxy) is 2. The quantitative estimate of drug-likeness (QED) is 0.800. The van der Waals surface area contributed by atoms with Crippen molar-refractivity contribution in [3.8, 4) is 17.2 Å². The molecule has 3 rings (SSSR count). The van der Waals surface area contributed by atoms with Crippen molar-refractivity contribution in [3.05, 3.63) is 52.1 Å². The molecule has 0 aromatic heterocycles. The van der Waals surface area contributed by atoms with Crippen molar-refractivity contribution in [1.82, 2.24) is 0 Å². The number of benzene rings is 2. The summed E-state index contributed by atoms with van der Waals surface area (Å²) in [5.41, 5.74) is 3.06. The van der Waals surface area contributed by atoms with Gasteiger partial charge in [-0.3, -0.25) is 4.79 Å². The molecule has 1 amide bonds. The first kappa shape index (κ1) is 18.8. The fourth-order valence-corrected chi connectivity index (χ4v) is 3.01. The minimum absolute atomic E-state index is 0.0959. The highest BCUT2D eigenvalue weighted by Crippen LogP contribution is 2.38. The number of phenols is 1. The van der Waals surface area contributed by atoms with E-state index in [1.54, 1.807) is 43.3 Å². The van der Waals surface area contributed by atoms with E-state index in [-0.39, 0.29) is 23.2 Å². The van der Waals surface area contributed by atoms with Gasteiger partial charge in [-0.15, -0.1) is 0 Å². The second kappa shape index (κ2) is 7.32. The number of methoxy groups -OCH3 is 2. The SMILES string of the molecule is COc1cc(C=C2C(=O)N(c3cccc(Cl)c3C)N=C2C)cc(OC)c1O. The molecule has 0 fully saturated rings. The molecule has 0 aliphatic carbocycles. The van der Waals surface area contributed by atoms with Gasteiger partial charge in [0, 0.05) is 5.02 Å². The summed E-state index contributed by atoms with van der Waals surface area (Å²) < 4.78 is 10.3. The highest BCUT2D eigenvalue weighted by Gasteiger charge is 2.30.